The van der Waals surface area contributed by atoms with Crippen molar-refractivity contribution in [3.63, 3.8) is 0 Å². The number of nitrogens with zero attached hydrogens (tertiary/aromatic N) is 2. The smallest absolute Gasteiger partial charge is 0.197 e. The van der Waals surface area contributed by atoms with Gasteiger partial charge < -0.3 is 4.90 Å². The molecule has 0 unspecified atom stereocenters. The Balaban J connectivity index is 0.00000232. The van der Waals surface area contributed by atoms with Crippen LogP contribution < -0.4 is 4.90 Å². The lowest BCUT2D eigenvalue weighted by Crippen LogP contribution is -2.19. The van der Waals surface area contributed by atoms with Crippen LogP contribution in [-0.4, -0.2) is 36.7 Å². The van der Waals surface area contributed by atoms with Gasteiger partial charge in [-0.25, -0.2) is 4.58 Å². The van der Waals surface area contributed by atoms with Crippen LogP contribution in [0.2, 0.25) is 0 Å². The minimum Gasteiger partial charge on any atom is -0.374 e. The number of hydrogen-bond donors (Lipinski definition) is 1. The molecule has 0 aromatic heterocycles. The molecule has 0 amide bonds. The van der Waals surface area contributed by atoms with E-state index in [0.717, 1.165) is 24.5 Å². The van der Waals surface area contributed by atoms with E-state index in [-0.39, 0.29) is 0 Å². The lowest BCUT2D eigenvalue weighted by molar-refractivity contribution is -0.462. The first kappa shape index (κ1) is 21.6. The molecule has 0 radical (unpaired) electrons. The molecule has 126 valence electrons. The van der Waals surface area contributed by atoms with Crippen LogP contribution in [0, 0.1) is 0 Å². The Hall–Kier alpha value is -1.39. The summed E-state index contributed by atoms with van der Waals surface area (Å²) in [7, 11) is 3.67. The molecule has 2 nitrogen and oxygen atoms in total. The molecular weight excluding hydrogens is 320 g/mol. The molecule has 0 saturated carbocycles. The van der Waals surface area contributed by atoms with Gasteiger partial charge in [0.25, 0.3) is 0 Å². The third kappa shape index (κ3) is 8.14. The molecule has 0 aliphatic carbocycles. The quantitative estimate of drug-likeness (QED) is 0.173. The molecule has 0 atom stereocenters. The van der Waals surface area contributed by atoms with Crippen molar-refractivity contribution in [2.45, 2.75) is 13.8 Å². The van der Waals surface area contributed by atoms with E-state index < -0.39 is 0 Å². The number of benzene rings is 1. The zero-order valence-electron chi connectivity index (χ0n) is 14.5. The first-order chi connectivity index (χ1) is 11.1. The highest BCUT2D eigenvalue weighted by Crippen LogP contribution is 2.16. The van der Waals surface area contributed by atoms with Crippen LogP contribution in [0.3, 0.4) is 0 Å². The van der Waals surface area contributed by atoms with Crippen LogP contribution >= 0.6 is 22.5 Å². The number of thiol groups is 1. The van der Waals surface area contributed by atoms with E-state index in [1.54, 1.807) is 10.8 Å². The molecule has 4 heteroatoms. The summed E-state index contributed by atoms with van der Waals surface area (Å²) in [5.41, 5.74) is 3.42. The number of hydrogen-bond acceptors (Lipinski definition) is 3. The molecule has 1 aromatic carbocycles. The Morgan fingerprint density at radius 3 is 2.39 bits per heavy atom. The molecule has 1 aromatic rings. The van der Waals surface area contributed by atoms with Crippen LogP contribution in [0.4, 0.5) is 5.69 Å². The maximum absolute atomic E-state index is 4.17. The fourth-order valence-corrected chi connectivity index (χ4v) is 2.59. The van der Waals surface area contributed by atoms with Crippen molar-refractivity contribution in [1.82, 2.24) is 0 Å². The SMILES string of the molecule is C=C.C=C(/C=C/c1ccc(N(C)CCSS)cc1)[N+](=CC)CC. The largest absolute Gasteiger partial charge is 0.374 e. The van der Waals surface area contributed by atoms with Gasteiger partial charge in [0.2, 0.25) is 0 Å². The van der Waals surface area contributed by atoms with Crippen molar-refractivity contribution < 1.29 is 4.58 Å². The normalized spacial score (nSPS) is 11.0. The first-order valence-electron chi connectivity index (χ1n) is 7.63. The summed E-state index contributed by atoms with van der Waals surface area (Å²) in [5, 5.41) is 0. The highest BCUT2D eigenvalue weighted by molar-refractivity contribution is 8.68. The lowest BCUT2D eigenvalue weighted by Gasteiger charge is -2.18. The van der Waals surface area contributed by atoms with Gasteiger partial charge in [-0.05, 0) is 37.3 Å². The van der Waals surface area contributed by atoms with Crippen molar-refractivity contribution in [2.75, 3.05) is 30.8 Å². The zero-order valence-corrected chi connectivity index (χ0v) is 16.2. The molecule has 0 heterocycles. The van der Waals surface area contributed by atoms with Crippen LogP contribution in [0.5, 0.6) is 0 Å². The van der Waals surface area contributed by atoms with Crippen LogP contribution in [0.25, 0.3) is 6.08 Å². The average Bonchev–Trinajstić information content (AvgIpc) is 2.61. The highest BCUT2D eigenvalue weighted by Gasteiger charge is 2.02. The Morgan fingerprint density at radius 1 is 1.30 bits per heavy atom. The van der Waals surface area contributed by atoms with Gasteiger partial charge in [-0.15, -0.1) is 24.8 Å². The van der Waals surface area contributed by atoms with Gasteiger partial charge in [0.1, 0.15) is 12.8 Å². The first-order valence-corrected chi connectivity index (χ1v) is 9.66. The number of anilines is 1. The second-order valence-corrected chi connectivity index (χ2v) is 6.16. The molecule has 0 aliphatic rings. The highest BCUT2D eigenvalue weighted by atomic mass is 33.1. The van der Waals surface area contributed by atoms with Crippen LogP contribution in [0.15, 0.2) is 55.8 Å². The van der Waals surface area contributed by atoms with E-state index in [9.17, 15) is 0 Å². The Kier molecular flexibility index (Phi) is 12.3. The van der Waals surface area contributed by atoms with Gasteiger partial charge in [0, 0.05) is 38.0 Å². The van der Waals surface area contributed by atoms with Crippen molar-refractivity contribution >= 4 is 40.4 Å². The Morgan fingerprint density at radius 2 is 1.91 bits per heavy atom. The van der Waals surface area contributed by atoms with Gasteiger partial charge in [-0.1, -0.05) is 22.9 Å². The van der Waals surface area contributed by atoms with Gasteiger partial charge in [-0.2, -0.15) is 0 Å². The topological polar surface area (TPSA) is 6.25 Å². The lowest BCUT2D eigenvalue weighted by atomic mass is 10.1. The molecule has 0 aliphatic heterocycles. The molecule has 0 saturated heterocycles. The van der Waals surface area contributed by atoms with Gasteiger partial charge in [-0.3, -0.25) is 0 Å². The number of likely N-dealkylation sites (N-methyl/N-ethyl adjacent to an activating group) is 1. The van der Waals surface area contributed by atoms with E-state index in [1.165, 1.54) is 11.3 Å². The van der Waals surface area contributed by atoms with Crippen molar-refractivity contribution in [3.8, 4) is 0 Å². The average molecular weight is 350 g/mol. The van der Waals surface area contributed by atoms with Crippen molar-refractivity contribution in [1.29, 1.82) is 0 Å². The predicted octanol–water partition coefficient (Wildman–Crippen LogP) is 5.15. The number of allylic oxidation sites excluding steroid dienone is 1. The van der Waals surface area contributed by atoms with Crippen molar-refractivity contribution in [3.05, 3.63) is 61.3 Å². The monoisotopic (exact) mass is 349 g/mol. The third-order valence-electron chi connectivity index (χ3n) is 3.34. The molecule has 23 heavy (non-hydrogen) atoms. The summed E-state index contributed by atoms with van der Waals surface area (Å²) in [6.07, 6.45) is 6.20. The summed E-state index contributed by atoms with van der Waals surface area (Å²) in [6.45, 7) is 16.2. The maximum atomic E-state index is 4.17. The van der Waals surface area contributed by atoms with E-state index in [0.29, 0.717) is 0 Å². The predicted molar refractivity (Wildman–Crippen MR) is 113 cm³/mol. The van der Waals surface area contributed by atoms with Crippen molar-refractivity contribution in [2.24, 2.45) is 0 Å². The molecular formula is C19H29N2S2+. The summed E-state index contributed by atoms with van der Waals surface area (Å²) in [4.78, 5) is 2.24. The van der Waals surface area contributed by atoms with Gasteiger partial charge >= 0.3 is 0 Å². The molecule has 1 rings (SSSR count). The Bertz CT molecular complexity index is 519. The maximum Gasteiger partial charge on any atom is 0.197 e. The summed E-state index contributed by atoms with van der Waals surface area (Å²) in [5.74, 6) is 1.02. The minimum atomic E-state index is 0.937. The van der Waals surface area contributed by atoms with E-state index >= 15 is 0 Å². The minimum absolute atomic E-state index is 0.937. The van der Waals surface area contributed by atoms with E-state index in [4.69, 9.17) is 0 Å². The van der Waals surface area contributed by atoms with E-state index in [2.05, 4.69) is 91.3 Å². The second kappa shape index (κ2) is 13.1. The van der Waals surface area contributed by atoms with Gasteiger partial charge in [0.15, 0.2) is 5.70 Å². The van der Waals surface area contributed by atoms with Crippen LogP contribution in [0.1, 0.15) is 19.4 Å². The Labute approximate surface area is 151 Å². The zero-order chi connectivity index (χ0) is 17.7. The van der Waals surface area contributed by atoms with Gasteiger partial charge in [0.05, 0.1) is 0 Å². The summed E-state index contributed by atoms with van der Waals surface area (Å²) in [6, 6.07) is 8.56. The third-order valence-corrected chi connectivity index (χ3v) is 4.25. The molecule has 0 fully saturated rings. The summed E-state index contributed by atoms with van der Waals surface area (Å²) < 4.78 is 2.12. The molecule has 0 N–H and O–H groups in total. The number of rotatable bonds is 8. The molecule has 0 bridgehead atoms. The molecule has 0 spiro atoms. The fourth-order valence-electron chi connectivity index (χ4n) is 1.99. The standard InChI is InChI=1S/C17H24N2S2.C2H4/c1-5-19(6-2)15(3)7-8-16-9-11-17(12-10-16)18(4)13-14-21-20;1-2/h5,7-12H,3,6,13-14H2,1-2,4H3;1-2H2/p+1/b8-7+,19-5?;. The summed E-state index contributed by atoms with van der Waals surface area (Å²) >= 11 is 4.17. The van der Waals surface area contributed by atoms with Crippen LogP contribution in [-0.2, 0) is 0 Å². The van der Waals surface area contributed by atoms with E-state index in [1.807, 2.05) is 13.1 Å². The fraction of sp³-hybridized carbons (Fsp3) is 0.316. The second-order valence-electron chi connectivity index (χ2n) is 4.72.